The molecule has 0 fully saturated rings. The molecular formula is C13H13BrN2O. The highest BCUT2D eigenvalue weighted by atomic mass is 79.9. The molecule has 2 rings (SSSR count). The fourth-order valence-corrected chi connectivity index (χ4v) is 1.93. The molecule has 0 atom stereocenters. The largest absolute Gasteiger partial charge is 0.308 e. The Morgan fingerprint density at radius 3 is 2.76 bits per heavy atom. The highest BCUT2D eigenvalue weighted by Crippen LogP contribution is 2.17. The minimum Gasteiger partial charge on any atom is -0.308 e. The SMILES string of the molecule is CC(C)C1=N/C(=C/c2cccc(Br)c2)C(=O)N1. The molecule has 0 saturated heterocycles. The fourth-order valence-electron chi connectivity index (χ4n) is 1.51. The first kappa shape index (κ1) is 12.0. The van der Waals surface area contributed by atoms with Gasteiger partial charge in [0.15, 0.2) is 0 Å². The molecule has 1 N–H and O–H groups in total. The molecule has 4 heteroatoms. The van der Waals surface area contributed by atoms with Crippen LogP contribution in [-0.2, 0) is 4.79 Å². The standard InChI is InChI=1S/C13H13BrN2O/c1-8(2)12-15-11(13(17)16-12)7-9-4-3-5-10(14)6-9/h3-8H,1-2H3,(H,15,16,17)/b11-7+. The molecular weight excluding hydrogens is 280 g/mol. The molecule has 3 nitrogen and oxygen atoms in total. The van der Waals surface area contributed by atoms with Crippen LogP contribution in [0.25, 0.3) is 6.08 Å². The lowest BCUT2D eigenvalue weighted by Gasteiger charge is -2.01. The van der Waals surface area contributed by atoms with Gasteiger partial charge in [-0.05, 0) is 23.8 Å². The molecule has 0 radical (unpaired) electrons. The van der Waals surface area contributed by atoms with E-state index in [1.807, 2.05) is 38.1 Å². The number of amidine groups is 1. The fraction of sp³-hybridized carbons (Fsp3) is 0.231. The van der Waals surface area contributed by atoms with E-state index in [9.17, 15) is 4.79 Å². The van der Waals surface area contributed by atoms with Crippen molar-refractivity contribution < 1.29 is 4.79 Å². The van der Waals surface area contributed by atoms with Gasteiger partial charge in [0.05, 0.1) is 0 Å². The first-order valence-electron chi connectivity index (χ1n) is 5.43. The minimum absolute atomic E-state index is 0.131. The zero-order chi connectivity index (χ0) is 12.4. The molecule has 0 aromatic heterocycles. The summed E-state index contributed by atoms with van der Waals surface area (Å²) in [5.74, 6) is 0.831. The predicted molar refractivity (Wildman–Crippen MR) is 72.5 cm³/mol. The number of carbonyl (C=O) groups is 1. The number of carbonyl (C=O) groups excluding carboxylic acids is 1. The molecule has 1 aliphatic rings. The van der Waals surface area contributed by atoms with Gasteiger partial charge in [0.2, 0.25) is 0 Å². The van der Waals surface area contributed by atoms with Crippen molar-refractivity contribution in [1.82, 2.24) is 5.32 Å². The van der Waals surface area contributed by atoms with Crippen LogP contribution in [0, 0.1) is 5.92 Å². The van der Waals surface area contributed by atoms with Crippen molar-refractivity contribution in [3.05, 3.63) is 40.0 Å². The van der Waals surface area contributed by atoms with Gasteiger partial charge < -0.3 is 5.32 Å². The van der Waals surface area contributed by atoms with Crippen molar-refractivity contribution in [1.29, 1.82) is 0 Å². The van der Waals surface area contributed by atoms with Crippen LogP contribution in [0.15, 0.2) is 39.4 Å². The van der Waals surface area contributed by atoms with Crippen LogP contribution in [0.2, 0.25) is 0 Å². The van der Waals surface area contributed by atoms with Crippen molar-refractivity contribution in [3.63, 3.8) is 0 Å². The zero-order valence-corrected chi connectivity index (χ0v) is 11.3. The lowest BCUT2D eigenvalue weighted by atomic mass is 10.2. The predicted octanol–water partition coefficient (Wildman–Crippen LogP) is 2.97. The van der Waals surface area contributed by atoms with Crippen LogP contribution in [-0.4, -0.2) is 11.7 Å². The van der Waals surface area contributed by atoms with Gasteiger partial charge in [0.25, 0.3) is 5.91 Å². The third-order valence-corrected chi connectivity index (χ3v) is 2.91. The van der Waals surface area contributed by atoms with E-state index in [0.717, 1.165) is 15.9 Å². The van der Waals surface area contributed by atoms with E-state index in [2.05, 4.69) is 26.2 Å². The van der Waals surface area contributed by atoms with E-state index in [1.54, 1.807) is 6.08 Å². The monoisotopic (exact) mass is 292 g/mol. The highest BCUT2D eigenvalue weighted by molar-refractivity contribution is 9.10. The Morgan fingerprint density at radius 2 is 2.18 bits per heavy atom. The van der Waals surface area contributed by atoms with E-state index < -0.39 is 0 Å². The Morgan fingerprint density at radius 1 is 1.41 bits per heavy atom. The van der Waals surface area contributed by atoms with Crippen LogP contribution < -0.4 is 5.32 Å². The molecule has 0 bridgehead atoms. The second-order valence-electron chi connectivity index (χ2n) is 4.19. The topological polar surface area (TPSA) is 41.5 Å². The summed E-state index contributed by atoms with van der Waals surface area (Å²) in [4.78, 5) is 16.0. The maximum absolute atomic E-state index is 11.7. The third-order valence-electron chi connectivity index (χ3n) is 2.41. The van der Waals surface area contributed by atoms with E-state index in [0.29, 0.717) is 5.70 Å². The van der Waals surface area contributed by atoms with E-state index in [4.69, 9.17) is 0 Å². The number of hydrogen-bond donors (Lipinski definition) is 1. The van der Waals surface area contributed by atoms with Gasteiger partial charge in [-0.15, -0.1) is 0 Å². The van der Waals surface area contributed by atoms with Crippen LogP contribution in [0.1, 0.15) is 19.4 Å². The van der Waals surface area contributed by atoms with Gasteiger partial charge in [0, 0.05) is 10.4 Å². The van der Waals surface area contributed by atoms with Gasteiger partial charge >= 0.3 is 0 Å². The lowest BCUT2D eigenvalue weighted by Crippen LogP contribution is -2.27. The van der Waals surface area contributed by atoms with Crippen molar-refractivity contribution in [2.75, 3.05) is 0 Å². The number of nitrogens with one attached hydrogen (secondary N) is 1. The second-order valence-corrected chi connectivity index (χ2v) is 5.11. The molecule has 1 aromatic rings. The number of hydrogen-bond acceptors (Lipinski definition) is 2. The second kappa shape index (κ2) is 4.84. The van der Waals surface area contributed by atoms with Crippen LogP contribution in [0.5, 0.6) is 0 Å². The Hall–Kier alpha value is -1.42. The van der Waals surface area contributed by atoms with E-state index in [1.165, 1.54) is 0 Å². The summed E-state index contributed by atoms with van der Waals surface area (Å²) in [7, 11) is 0. The summed E-state index contributed by atoms with van der Waals surface area (Å²) < 4.78 is 0.985. The number of aliphatic imine (C=N–C) groups is 1. The maximum atomic E-state index is 11.7. The Kier molecular flexibility index (Phi) is 3.43. The molecule has 0 aliphatic carbocycles. The Balaban J connectivity index is 2.31. The van der Waals surface area contributed by atoms with Gasteiger partial charge in [-0.3, -0.25) is 4.79 Å². The van der Waals surface area contributed by atoms with Gasteiger partial charge in [-0.1, -0.05) is 41.9 Å². The van der Waals surface area contributed by atoms with Gasteiger partial charge in [-0.25, -0.2) is 4.99 Å². The molecule has 1 heterocycles. The smallest absolute Gasteiger partial charge is 0.275 e. The van der Waals surface area contributed by atoms with Crippen LogP contribution >= 0.6 is 15.9 Å². The van der Waals surface area contributed by atoms with Crippen molar-refractivity contribution >= 4 is 33.7 Å². The first-order chi connectivity index (χ1) is 8.06. The van der Waals surface area contributed by atoms with Crippen LogP contribution in [0.3, 0.4) is 0 Å². The van der Waals surface area contributed by atoms with Gasteiger partial charge in [0.1, 0.15) is 11.5 Å². The minimum atomic E-state index is -0.131. The van der Waals surface area contributed by atoms with Crippen molar-refractivity contribution in [2.24, 2.45) is 10.9 Å². The quantitative estimate of drug-likeness (QED) is 0.837. The van der Waals surface area contributed by atoms with E-state index >= 15 is 0 Å². The Labute approximate surface area is 109 Å². The summed E-state index contributed by atoms with van der Waals surface area (Å²) in [5.41, 5.74) is 1.42. The Bertz CT molecular complexity index is 518. The summed E-state index contributed by atoms with van der Waals surface area (Å²) in [6, 6.07) is 7.76. The molecule has 88 valence electrons. The van der Waals surface area contributed by atoms with Crippen molar-refractivity contribution in [2.45, 2.75) is 13.8 Å². The van der Waals surface area contributed by atoms with E-state index in [-0.39, 0.29) is 11.8 Å². The summed E-state index contributed by atoms with van der Waals surface area (Å²) in [6.45, 7) is 4.00. The average molecular weight is 293 g/mol. The van der Waals surface area contributed by atoms with Crippen LogP contribution in [0.4, 0.5) is 0 Å². The number of benzene rings is 1. The lowest BCUT2D eigenvalue weighted by molar-refractivity contribution is -0.115. The number of rotatable bonds is 2. The molecule has 1 amide bonds. The van der Waals surface area contributed by atoms with Gasteiger partial charge in [-0.2, -0.15) is 0 Å². The number of halogens is 1. The summed E-state index contributed by atoms with van der Waals surface area (Å²) in [5, 5.41) is 2.77. The first-order valence-corrected chi connectivity index (χ1v) is 6.23. The third kappa shape index (κ3) is 2.82. The summed E-state index contributed by atoms with van der Waals surface area (Å²) in [6.07, 6.45) is 1.79. The molecule has 0 saturated carbocycles. The molecule has 0 spiro atoms. The molecule has 1 aromatic carbocycles. The summed E-state index contributed by atoms with van der Waals surface area (Å²) >= 11 is 3.40. The normalized spacial score (nSPS) is 17.5. The average Bonchev–Trinajstić information content (AvgIpc) is 2.61. The molecule has 0 unspecified atom stereocenters. The molecule has 1 aliphatic heterocycles. The molecule has 17 heavy (non-hydrogen) atoms. The van der Waals surface area contributed by atoms with Crippen molar-refractivity contribution in [3.8, 4) is 0 Å². The zero-order valence-electron chi connectivity index (χ0n) is 9.70. The number of amides is 1. The highest BCUT2D eigenvalue weighted by Gasteiger charge is 2.21. The number of nitrogens with zero attached hydrogens (tertiary/aromatic N) is 1. The maximum Gasteiger partial charge on any atom is 0.275 e.